The number of halogens is 1. The van der Waals surface area contributed by atoms with Crippen LogP contribution in [0.25, 0.3) is 0 Å². The Morgan fingerprint density at radius 3 is 2.28 bits per heavy atom. The van der Waals surface area contributed by atoms with Crippen LogP contribution < -0.4 is 9.64 Å². The third kappa shape index (κ3) is 3.69. The van der Waals surface area contributed by atoms with Crippen molar-refractivity contribution in [1.82, 2.24) is 0 Å². The molecule has 1 aliphatic heterocycles. The van der Waals surface area contributed by atoms with E-state index in [9.17, 15) is 9.59 Å². The molecule has 150 valence electrons. The van der Waals surface area contributed by atoms with Crippen molar-refractivity contribution >= 4 is 29.0 Å². The lowest BCUT2D eigenvalue weighted by Crippen LogP contribution is -2.43. The number of benzene rings is 2. The van der Waals surface area contributed by atoms with Crippen LogP contribution in [0.2, 0.25) is 5.02 Å². The Morgan fingerprint density at radius 1 is 1.00 bits per heavy atom. The molecule has 0 fully saturated rings. The molecule has 0 saturated carbocycles. The summed E-state index contributed by atoms with van der Waals surface area (Å²) >= 11 is 6.04. The summed E-state index contributed by atoms with van der Waals surface area (Å²) in [6.07, 6.45) is 1.43. The van der Waals surface area contributed by atoms with E-state index in [0.29, 0.717) is 17.9 Å². The quantitative estimate of drug-likeness (QED) is 0.671. The smallest absolute Gasteiger partial charge is 0.232 e. The number of allylic oxidation sites excluding steroid dienone is 2. The first-order chi connectivity index (χ1) is 13.8. The molecule has 1 aliphatic carbocycles. The molecule has 1 amide bonds. The summed E-state index contributed by atoms with van der Waals surface area (Å²) in [7, 11) is 1.62. The number of hydrogen-bond donors (Lipinski definition) is 0. The zero-order valence-electron chi connectivity index (χ0n) is 16.9. The highest BCUT2D eigenvalue weighted by Gasteiger charge is 2.44. The van der Waals surface area contributed by atoms with E-state index in [1.54, 1.807) is 24.1 Å². The summed E-state index contributed by atoms with van der Waals surface area (Å²) < 4.78 is 5.25. The third-order valence-corrected chi connectivity index (χ3v) is 6.00. The number of anilines is 1. The van der Waals surface area contributed by atoms with Gasteiger partial charge in [0, 0.05) is 40.7 Å². The molecule has 0 radical (unpaired) electrons. The summed E-state index contributed by atoms with van der Waals surface area (Å²) in [5.41, 5.74) is 3.12. The standard InChI is InChI=1S/C24H24ClNO3/c1-24(2)13-20-23(21(27)14-24)19(15-4-10-18(29-3)11-5-15)12-22(28)26(20)17-8-6-16(25)7-9-17/h4-11,19H,12-14H2,1-3H3. The number of Topliss-reactive ketones (excluding diaryl/α,β-unsaturated/α-hetero) is 1. The Kier molecular flexibility index (Phi) is 4.99. The van der Waals surface area contributed by atoms with Crippen molar-refractivity contribution in [2.24, 2.45) is 5.41 Å². The second kappa shape index (κ2) is 7.34. The lowest BCUT2D eigenvalue weighted by Gasteiger charge is -2.43. The van der Waals surface area contributed by atoms with Gasteiger partial charge < -0.3 is 4.74 Å². The maximum absolute atomic E-state index is 13.3. The van der Waals surface area contributed by atoms with E-state index in [1.807, 2.05) is 36.4 Å². The van der Waals surface area contributed by atoms with Crippen LogP contribution in [0.15, 0.2) is 59.8 Å². The average molecular weight is 410 g/mol. The molecule has 1 unspecified atom stereocenters. The maximum Gasteiger partial charge on any atom is 0.232 e. The van der Waals surface area contributed by atoms with Crippen molar-refractivity contribution in [3.05, 3.63) is 70.4 Å². The Hall–Kier alpha value is -2.59. The van der Waals surface area contributed by atoms with Crippen LogP contribution in [-0.2, 0) is 9.59 Å². The van der Waals surface area contributed by atoms with Gasteiger partial charge >= 0.3 is 0 Å². The van der Waals surface area contributed by atoms with Crippen molar-refractivity contribution in [1.29, 1.82) is 0 Å². The highest BCUT2D eigenvalue weighted by molar-refractivity contribution is 6.30. The molecule has 4 rings (SSSR count). The van der Waals surface area contributed by atoms with Gasteiger partial charge in [-0.2, -0.15) is 0 Å². The van der Waals surface area contributed by atoms with Crippen LogP contribution in [0.4, 0.5) is 5.69 Å². The van der Waals surface area contributed by atoms with Crippen molar-refractivity contribution < 1.29 is 14.3 Å². The molecule has 1 atom stereocenters. The largest absolute Gasteiger partial charge is 0.497 e. The molecule has 1 heterocycles. The topological polar surface area (TPSA) is 46.6 Å². The number of ketones is 1. The first kappa shape index (κ1) is 19.7. The number of carbonyl (C=O) groups excluding carboxylic acids is 2. The van der Waals surface area contributed by atoms with Crippen molar-refractivity contribution in [3.8, 4) is 5.75 Å². The Bertz CT molecular complexity index is 990. The van der Waals surface area contributed by atoms with Gasteiger partial charge in [0.05, 0.1) is 7.11 Å². The number of nitrogens with zero attached hydrogens (tertiary/aromatic N) is 1. The van der Waals surface area contributed by atoms with E-state index in [0.717, 1.165) is 28.3 Å². The molecule has 4 nitrogen and oxygen atoms in total. The van der Waals surface area contributed by atoms with E-state index in [4.69, 9.17) is 16.3 Å². The van der Waals surface area contributed by atoms with Gasteiger partial charge in [0.2, 0.25) is 5.91 Å². The zero-order valence-corrected chi connectivity index (χ0v) is 17.6. The predicted molar refractivity (Wildman–Crippen MR) is 114 cm³/mol. The molecule has 5 heteroatoms. The van der Waals surface area contributed by atoms with Gasteiger partial charge in [0.25, 0.3) is 0 Å². The summed E-state index contributed by atoms with van der Waals surface area (Å²) in [5.74, 6) is 0.653. The van der Waals surface area contributed by atoms with Crippen molar-refractivity contribution in [2.45, 2.75) is 39.0 Å². The van der Waals surface area contributed by atoms with Crippen LogP contribution >= 0.6 is 11.6 Å². The molecule has 0 spiro atoms. The first-order valence-electron chi connectivity index (χ1n) is 9.78. The fourth-order valence-electron chi connectivity index (χ4n) is 4.43. The maximum atomic E-state index is 13.3. The summed E-state index contributed by atoms with van der Waals surface area (Å²) in [6.45, 7) is 4.16. The molecule has 2 aliphatic rings. The van der Waals surface area contributed by atoms with Gasteiger partial charge in [-0.05, 0) is 53.8 Å². The highest BCUT2D eigenvalue weighted by Crippen LogP contribution is 2.48. The number of ether oxygens (including phenoxy) is 1. The van der Waals surface area contributed by atoms with Gasteiger partial charge in [-0.15, -0.1) is 0 Å². The minimum absolute atomic E-state index is 0.00242. The number of rotatable bonds is 3. The van der Waals surface area contributed by atoms with Crippen LogP contribution in [0, 0.1) is 5.41 Å². The van der Waals surface area contributed by atoms with Gasteiger partial charge in [-0.3, -0.25) is 14.5 Å². The molecular formula is C24H24ClNO3. The molecule has 0 bridgehead atoms. The van der Waals surface area contributed by atoms with E-state index >= 15 is 0 Å². The summed E-state index contributed by atoms with van der Waals surface area (Å²) in [6, 6.07) is 14.9. The minimum atomic E-state index is -0.226. The monoisotopic (exact) mass is 409 g/mol. The number of carbonyl (C=O) groups is 2. The van der Waals surface area contributed by atoms with Crippen LogP contribution in [-0.4, -0.2) is 18.8 Å². The summed E-state index contributed by atoms with van der Waals surface area (Å²) in [5, 5.41) is 0.614. The fraction of sp³-hybridized carbons (Fsp3) is 0.333. The molecule has 2 aromatic carbocycles. The number of methoxy groups -OCH3 is 1. The predicted octanol–water partition coefficient (Wildman–Crippen LogP) is 5.51. The second-order valence-corrected chi connectivity index (χ2v) is 8.97. The molecule has 0 saturated heterocycles. The van der Waals surface area contributed by atoms with Crippen LogP contribution in [0.1, 0.15) is 44.6 Å². The molecular weight excluding hydrogens is 386 g/mol. The fourth-order valence-corrected chi connectivity index (χ4v) is 4.55. The Balaban J connectivity index is 1.85. The van der Waals surface area contributed by atoms with E-state index in [2.05, 4.69) is 13.8 Å². The number of hydrogen-bond acceptors (Lipinski definition) is 3. The third-order valence-electron chi connectivity index (χ3n) is 5.75. The molecule has 0 aromatic heterocycles. The Morgan fingerprint density at radius 2 is 1.66 bits per heavy atom. The summed E-state index contributed by atoms with van der Waals surface area (Å²) in [4.78, 5) is 28.3. The van der Waals surface area contributed by atoms with E-state index in [-0.39, 0.29) is 29.4 Å². The SMILES string of the molecule is COc1ccc(C2CC(=O)N(c3ccc(Cl)cc3)C3=C2C(=O)CC(C)(C)C3)cc1. The zero-order chi connectivity index (χ0) is 20.8. The van der Waals surface area contributed by atoms with Gasteiger partial charge in [0.1, 0.15) is 5.75 Å². The van der Waals surface area contributed by atoms with E-state index in [1.165, 1.54) is 0 Å². The van der Waals surface area contributed by atoms with Gasteiger partial charge in [0.15, 0.2) is 5.78 Å². The van der Waals surface area contributed by atoms with Gasteiger partial charge in [-0.1, -0.05) is 37.6 Å². The normalized spacial score (nSPS) is 21.2. The van der Waals surface area contributed by atoms with E-state index < -0.39 is 0 Å². The molecule has 0 N–H and O–H groups in total. The van der Waals surface area contributed by atoms with Crippen molar-refractivity contribution in [3.63, 3.8) is 0 Å². The lowest BCUT2D eigenvalue weighted by molar-refractivity contribution is -0.121. The van der Waals surface area contributed by atoms with Crippen LogP contribution in [0.3, 0.4) is 0 Å². The van der Waals surface area contributed by atoms with Crippen LogP contribution in [0.5, 0.6) is 5.75 Å². The minimum Gasteiger partial charge on any atom is -0.497 e. The Labute approximate surface area is 176 Å². The molecule has 29 heavy (non-hydrogen) atoms. The highest BCUT2D eigenvalue weighted by atomic mass is 35.5. The lowest BCUT2D eigenvalue weighted by atomic mass is 9.69. The average Bonchev–Trinajstić information content (AvgIpc) is 2.67. The second-order valence-electron chi connectivity index (χ2n) is 8.54. The first-order valence-corrected chi connectivity index (χ1v) is 10.2. The van der Waals surface area contributed by atoms with Gasteiger partial charge in [-0.25, -0.2) is 0 Å². The molecule has 2 aromatic rings. The number of amides is 1. The van der Waals surface area contributed by atoms with Crippen molar-refractivity contribution in [2.75, 3.05) is 12.0 Å².